The highest BCUT2D eigenvalue weighted by Gasteiger charge is 2.19. The lowest BCUT2D eigenvalue weighted by atomic mass is 9.93. The first-order valence-electron chi connectivity index (χ1n) is 21.5. The van der Waals surface area contributed by atoms with Crippen LogP contribution < -0.4 is 4.90 Å². The van der Waals surface area contributed by atoms with Crippen LogP contribution in [-0.2, 0) is 0 Å². The average Bonchev–Trinajstić information content (AvgIpc) is 3.91. The van der Waals surface area contributed by atoms with Gasteiger partial charge in [-0.05, 0) is 123 Å². The van der Waals surface area contributed by atoms with E-state index in [0.29, 0.717) is 0 Å². The van der Waals surface area contributed by atoms with Crippen molar-refractivity contribution in [1.29, 1.82) is 0 Å². The van der Waals surface area contributed by atoms with E-state index in [4.69, 9.17) is 0 Å². The van der Waals surface area contributed by atoms with Gasteiger partial charge < -0.3 is 9.47 Å². The van der Waals surface area contributed by atoms with Crippen LogP contribution in [0.5, 0.6) is 0 Å². The number of anilines is 3. The van der Waals surface area contributed by atoms with Crippen molar-refractivity contribution < 1.29 is 0 Å². The molecule has 0 saturated carbocycles. The Morgan fingerprint density at radius 2 is 0.778 bits per heavy atom. The molecule has 0 spiro atoms. The minimum Gasteiger partial charge on any atom is -0.309 e. The van der Waals surface area contributed by atoms with Crippen LogP contribution in [0, 0.1) is 0 Å². The fourth-order valence-electron chi connectivity index (χ4n) is 9.34. The number of hydrogen-bond donors (Lipinski definition) is 0. The Morgan fingerprint density at radius 3 is 1.41 bits per heavy atom. The van der Waals surface area contributed by atoms with Crippen LogP contribution in [0.1, 0.15) is 0 Å². The summed E-state index contributed by atoms with van der Waals surface area (Å²) < 4.78 is 4.95. The SMILES string of the molecule is c1ccc(-c2cc(-c3ccccc3)cc(-c3ccc(N(c4ccc(-c5ccc6c7ccccc7n(-c7ccccc7)c6c5)cc4)c4cccc5c4sc4ccccc45)cc3)c2)cc1. The number of thiophene rings is 1. The summed E-state index contributed by atoms with van der Waals surface area (Å²) in [4.78, 5) is 2.43. The van der Waals surface area contributed by atoms with E-state index in [9.17, 15) is 0 Å². The molecule has 10 aromatic carbocycles. The largest absolute Gasteiger partial charge is 0.309 e. The van der Waals surface area contributed by atoms with Crippen molar-refractivity contribution in [2.75, 3.05) is 4.90 Å². The summed E-state index contributed by atoms with van der Waals surface area (Å²) >= 11 is 1.86. The molecule has 296 valence electrons. The third-order valence-corrected chi connectivity index (χ3v) is 13.6. The van der Waals surface area contributed by atoms with Gasteiger partial charge in [0.25, 0.3) is 0 Å². The standard InChI is InChI=1S/C60H40N2S/c1-4-15-41(16-5-1)46-37-47(42-17-6-2-7-18-42)39-48(38-46)44-29-34-51(35-30-44)61(57-25-14-23-55-54-22-11-13-26-59(54)63-60(55)57)50-32-27-43(28-33-50)45-31-36-53-52-21-10-12-24-56(52)62(58(53)40-45)49-19-8-3-9-20-49/h1-40H. The molecule has 0 aliphatic heterocycles. The summed E-state index contributed by atoms with van der Waals surface area (Å²) in [7, 11) is 0. The summed E-state index contributed by atoms with van der Waals surface area (Å²) in [5, 5.41) is 5.08. The maximum Gasteiger partial charge on any atom is 0.0640 e. The lowest BCUT2D eigenvalue weighted by Gasteiger charge is -2.26. The zero-order valence-electron chi connectivity index (χ0n) is 34.4. The molecular formula is C60H40N2S. The number of nitrogens with zero attached hydrogens (tertiary/aromatic N) is 2. The van der Waals surface area contributed by atoms with Crippen LogP contribution >= 0.6 is 11.3 Å². The number of para-hydroxylation sites is 2. The maximum absolute atomic E-state index is 2.43. The molecule has 0 bridgehead atoms. The van der Waals surface area contributed by atoms with E-state index in [0.717, 1.165) is 17.1 Å². The molecule has 0 aliphatic rings. The zero-order valence-corrected chi connectivity index (χ0v) is 35.2. The predicted octanol–water partition coefficient (Wildman–Crippen LogP) is 17.3. The molecule has 63 heavy (non-hydrogen) atoms. The smallest absolute Gasteiger partial charge is 0.0640 e. The second-order valence-electron chi connectivity index (χ2n) is 16.1. The molecule has 0 N–H and O–H groups in total. The maximum atomic E-state index is 2.43. The first kappa shape index (κ1) is 36.8. The van der Waals surface area contributed by atoms with Gasteiger partial charge in [0.1, 0.15) is 0 Å². The van der Waals surface area contributed by atoms with Gasteiger partial charge in [0, 0.05) is 43.3 Å². The topological polar surface area (TPSA) is 8.17 Å². The van der Waals surface area contributed by atoms with E-state index in [2.05, 4.69) is 252 Å². The molecule has 0 amide bonds. The van der Waals surface area contributed by atoms with Gasteiger partial charge in [-0.15, -0.1) is 11.3 Å². The third-order valence-electron chi connectivity index (χ3n) is 12.4. The molecule has 0 saturated heterocycles. The number of rotatable bonds is 8. The van der Waals surface area contributed by atoms with Crippen molar-refractivity contribution in [3.8, 4) is 50.2 Å². The highest BCUT2D eigenvalue weighted by Crippen LogP contribution is 2.46. The van der Waals surface area contributed by atoms with Crippen LogP contribution in [0.25, 0.3) is 92.2 Å². The highest BCUT2D eigenvalue weighted by molar-refractivity contribution is 7.26. The van der Waals surface area contributed by atoms with Crippen LogP contribution in [0.15, 0.2) is 243 Å². The van der Waals surface area contributed by atoms with Crippen molar-refractivity contribution in [1.82, 2.24) is 4.57 Å². The van der Waals surface area contributed by atoms with E-state index in [1.807, 2.05) is 11.3 Å². The van der Waals surface area contributed by atoms with E-state index in [1.165, 1.54) is 92.2 Å². The molecular weight excluding hydrogens is 781 g/mol. The minimum absolute atomic E-state index is 1.10. The Hall–Kier alpha value is -7.98. The van der Waals surface area contributed by atoms with Gasteiger partial charge in [-0.1, -0.05) is 164 Å². The summed E-state index contributed by atoms with van der Waals surface area (Å²) in [5.41, 5.74) is 16.5. The monoisotopic (exact) mass is 820 g/mol. The molecule has 2 aromatic heterocycles. The Bertz CT molecular complexity index is 3530. The summed E-state index contributed by atoms with van der Waals surface area (Å²) in [6, 6.07) is 88.3. The van der Waals surface area contributed by atoms with Crippen LogP contribution in [0.2, 0.25) is 0 Å². The van der Waals surface area contributed by atoms with Crippen molar-refractivity contribution in [3.05, 3.63) is 243 Å². The number of fused-ring (bicyclic) bond motifs is 6. The predicted molar refractivity (Wildman–Crippen MR) is 270 cm³/mol. The van der Waals surface area contributed by atoms with E-state index in [-0.39, 0.29) is 0 Å². The first-order chi connectivity index (χ1) is 31.2. The molecule has 0 radical (unpaired) electrons. The summed E-state index contributed by atoms with van der Waals surface area (Å²) in [5.74, 6) is 0. The molecule has 0 fully saturated rings. The third kappa shape index (κ3) is 6.58. The Kier molecular flexibility index (Phi) is 9.06. The summed E-state index contributed by atoms with van der Waals surface area (Å²) in [6.45, 7) is 0. The normalized spacial score (nSPS) is 11.5. The molecule has 0 atom stereocenters. The fourth-order valence-corrected chi connectivity index (χ4v) is 10.5. The van der Waals surface area contributed by atoms with Gasteiger partial charge in [0.2, 0.25) is 0 Å². The minimum atomic E-state index is 1.10. The van der Waals surface area contributed by atoms with Gasteiger partial charge in [0.05, 0.1) is 21.4 Å². The Morgan fingerprint density at radius 1 is 0.302 bits per heavy atom. The number of hydrogen-bond acceptors (Lipinski definition) is 2. The van der Waals surface area contributed by atoms with Gasteiger partial charge in [-0.3, -0.25) is 0 Å². The molecule has 0 aliphatic carbocycles. The molecule has 3 heteroatoms. The molecule has 12 aromatic rings. The number of aromatic nitrogens is 1. The Balaban J connectivity index is 0.973. The van der Waals surface area contributed by atoms with Crippen molar-refractivity contribution in [3.63, 3.8) is 0 Å². The summed E-state index contributed by atoms with van der Waals surface area (Å²) in [6.07, 6.45) is 0. The van der Waals surface area contributed by atoms with Crippen molar-refractivity contribution in [2.45, 2.75) is 0 Å². The van der Waals surface area contributed by atoms with Gasteiger partial charge in [0.15, 0.2) is 0 Å². The number of benzene rings is 10. The first-order valence-corrected chi connectivity index (χ1v) is 22.3. The van der Waals surface area contributed by atoms with Gasteiger partial charge in [-0.2, -0.15) is 0 Å². The second-order valence-corrected chi connectivity index (χ2v) is 17.2. The van der Waals surface area contributed by atoms with Crippen molar-refractivity contribution in [2.24, 2.45) is 0 Å². The van der Waals surface area contributed by atoms with Gasteiger partial charge in [-0.25, -0.2) is 0 Å². The Labute approximate surface area is 370 Å². The highest BCUT2D eigenvalue weighted by atomic mass is 32.1. The molecule has 2 heterocycles. The molecule has 0 unspecified atom stereocenters. The fraction of sp³-hybridized carbons (Fsp3) is 0. The molecule has 2 nitrogen and oxygen atoms in total. The van der Waals surface area contributed by atoms with Crippen molar-refractivity contribution >= 4 is 70.4 Å². The lowest BCUT2D eigenvalue weighted by molar-refractivity contribution is 1.18. The van der Waals surface area contributed by atoms with Gasteiger partial charge >= 0.3 is 0 Å². The lowest BCUT2D eigenvalue weighted by Crippen LogP contribution is -2.10. The average molecular weight is 821 g/mol. The van der Waals surface area contributed by atoms with E-state index in [1.54, 1.807) is 0 Å². The molecule has 12 rings (SSSR count). The van der Waals surface area contributed by atoms with E-state index >= 15 is 0 Å². The van der Waals surface area contributed by atoms with Crippen LogP contribution in [-0.4, -0.2) is 4.57 Å². The zero-order chi connectivity index (χ0) is 41.7. The second kappa shape index (κ2) is 15.5. The quantitative estimate of drug-likeness (QED) is 0.148. The van der Waals surface area contributed by atoms with Crippen LogP contribution in [0.4, 0.5) is 17.1 Å². The van der Waals surface area contributed by atoms with E-state index < -0.39 is 0 Å². The van der Waals surface area contributed by atoms with Crippen LogP contribution in [0.3, 0.4) is 0 Å².